The molecule has 2 aromatic carbocycles. The van der Waals surface area contributed by atoms with Gasteiger partial charge in [0.1, 0.15) is 43.9 Å². The van der Waals surface area contributed by atoms with Crippen LogP contribution in [0.15, 0.2) is 96.3 Å². The average molecular weight is 1140 g/mol. The second-order valence-corrected chi connectivity index (χ2v) is 28.8. The van der Waals surface area contributed by atoms with Gasteiger partial charge in [-0.15, -0.1) is 22.7 Å². The van der Waals surface area contributed by atoms with E-state index in [-0.39, 0.29) is 29.0 Å². The van der Waals surface area contributed by atoms with Crippen molar-refractivity contribution in [2.24, 2.45) is 21.5 Å². The van der Waals surface area contributed by atoms with Gasteiger partial charge in [-0.3, -0.25) is 9.98 Å². The van der Waals surface area contributed by atoms with Crippen molar-refractivity contribution in [1.29, 1.82) is 0 Å². The molecule has 9 rings (SSSR count). The summed E-state index contributed by atoms with van der Waals surface area (Å²) in [5.41, 5.74) is 11.3. The highest BCUT2D eigenvalue weighted by Gasteiger charge is 2.53. The fraction of sp³-hybridized carbons (Fsp3) is 0.391. The van der Waals surface area contributed by atoms with E-state index in [1.807, 2.05) is 27.7 Å². The lowest BCUT2D eigenvalue weighted by atomic mass is 9.78. The molecule has 0 saturated carbocycles. The van der Waals surface area contributed by atoms with Gasteiger partial charge in [0.05, 0.1) is 58.7 Å². The molecule has 2 atom stereocenters. The van der Waals surface area contributed by atoms with Crippen LogP contribution >= 0.6 is 61.8 Å². The van der Waals surface area contributed by atoms with Crippen LogP contribution in [0.25, 0.3) is 33.1 Å². The molecule has 4 N–H and O–H groups in total. The zero-order valence-electron chi connectivity index (χ0n) is 39.7. The maximum Gasteiger partial charge on any atom is 0.494 e. The molecule has 0 amide bonds. The van der Waals surface area contributed by atoms with Gasteiger partial charge in [-0.1, -0.05) is 29.3 Å². The summed E-state index contributed by atoms with van der Waals surface area (Å²) in [4.78, 5) is 18.6. The van der Waals surface area contributed by atoms with E-state index in [0.29, 0.717) is 58.4 Å². The molecule has 1 fully saturated rings. The summed E-state index contributed by atoms with van der Waals surface area (Å²) in [6.45, 7) is 17.5. The molecule has 4 aromatic heterocycles. The summed E-state index contributed by atoms with van der Waals surface area (Å²) in [7, 11) is -7.57. The smallest absolute Gasteiger partial charge is 0.444 e. The molecule has 3 aliphatic rings. The van der Waals surface area contributed by atoms with E-state index in [1.54, 1.807) is 72.0 Å². The number of aliphatic imine (C=N–C) groups is 2. The quantitative estimate of drug-likeness (QED) is 0.149. The average Bonchev–Trinajstić information content (AvgIpc) is 4.09. The molecular weight excluding hydrogens is 1090 g/mol. The first-order chi connectivity index (χ1) is 32.2. The third-order valence-electron chi connectivity index (χ3n) is 12.8. The summed E-state index contributed by atoms with van der Waals surface area (Å²) >= 11 is 18.6. The van der Waals surface area contributed by atoms with E-state index in [4.69, 9.17) is 52.8 Å². The first kappa shape index (κ1) is 53.8. The van der Waals surface area contributed by atoms with Crippen molar-refractivity contribution < 1.29 is 43.8 Å². The van der Waals surface area contributed by atoms with Gasteiger partial charge in [-0.25, -0.2) is 35.6 Å². The van der Waals surface area contributed by atoms with Crippen molar-refractivity contribution in [3.8, 4) is 33.1 Å². The van der Waals surface area contributed by atoms with Crippen LogP contribution in [0, 0.1) is 11.6 Å². The summed E-state index contributed by atoms with van der Waals surface area (Å²) in [6, 6.07) is 12.5. The highest BCUT2D eigenvalue weighted by molar-refractivity contribution is 9.11. The van der Waals surface area contributed by atoms with Crippen molar-refractivity contribution in [3.05, 3.63) is 109 Å². The Kier molecular flexibility index (Phi) is 14.5. The molecule has 6 aromatic rings. The molecule has 14 nitrogen and oxygen atoms in total. The lowest BCUT2D eigenvalue weighted by molar-refractivity contribution is 0.00578. The zero-order chi connectivity index (χ0) is 51.8. The van der Waals surface area contributed by atoms with Crippen LogP contribution in [-0.2, 0) is 40.1 Å². The Bertz CT molecular complexity index is 3240. The van der Waals surface area contributed by atoms with Gasteiger partial charge in [0.15, 0.2) is 44.0 Å². The van der Waals surface area contributed by atoms with Gasteiger partial charge >= 0.3 is 7.12 Å². The Morgan fingerprint density at radius 3 is 1.49 bits per heavy atom. The van der Waals surface area contributed by atoms with Gasteiger partial charge in [0.25, 0.3) is 0 Å². The fourth-order valence-electron chi connectivity index (χ4n) is 7.56. The molecule has 0 radical (unpaired) electrons. The lowest BCUT2D eigenvalue weighted by Gasteiger charge is -2.37. The molecule has 374 valence electrons. The van der Waals surface area contributed by atoms with Crippen LogP contribution < -0.4 is 16.9 Å². The van der Waals surface area contributed by atoms with Crippen LogP contribution in [-0.4, -0.2) is 77.8 Å². The number of aromatic nitrogens is 2. The van der Waals surface area contributed by atoms with Crippen molar-refractivity contribution in [2.75, 3.05) is 11.5 Å². The first-order valence-corrected chi connectivity index (χ1v) is 27.9. The molecule has 0 unspecified atom stereocenters. The van der Waals surface area contributed by atoms with E-state index in [1.165, 1.54) is 65.9 Å². The molecule has 1 saturated heterocycles. The van der Waals surface area contributed by atoms with Crippen LogP contribution in [0.1, 0.15) is 79.0 Å². The van der Waals surface area contributed by atoms with Crippen LogP contribution in [0.5, 0.6) is 0 Å². The Morgan fingerprint density at radius 2 is 1.06 bits per heavy atom. The van der Waals surface area contributed by atoms with Gasteiger partial charge < -0.3 is 29.6 Å². The predicted octanol–water partition coefficient (Wildman–Crippen LogP) is 10.4. The standard InChI is InChI=1S/C20H19ClFN3O3S2.C15H17BFNO3.C11H14BrClN2O2S2/c1-19(2)18(23)25-20(3,9-30(19,26)27)17-14(21)7-16(29-17)12-4-11(5-13(22)6-12)15-8-24-10-28-15;1-14(2)15(3,4)21-16(20-14)11-5-10(6-12(17)7-11)13-8-18-9-19-13;1-10(2)9(14)15-11(3,5-19(10,16)17)8-6(13)4-7(12)18-8/h4-8,10H,9H2,1-3H3,(H2,23,25);5-9H,1-4H3;4H,5H2,1-3H3,(H2,14,15)/t20-;;11-/m0.0/s1. The van der Waals surface area contributed by atoms with Gasteiger partial charge in [-0.2, -0.15) is 0 Å². The summed E-state index contributed by atoms with van der Waals surface area (Å²) < 4.78 is 99.5. The third kappa shape index (κ3) is 10.3. The maximum absolute atomic E-state index is 14.3. The van der Waals surface area contributed by atoms with E-state index < -0.39 is 64.4 Å². The predicted molar refractivity (Wildman–Crippen MR) is 279 cm³/mol. The van der Waals surface area contributed by atoms with Crippen LogP contribution in [0.4, 0.5) is 8.78 Å². The van der Waals surface area contributed by atoms with Crippen LogP contribution in [0.2, 0.25) is 10.0 Å². The molecular formula is C46H50BBrCl2F2N6O8S4. The fourth-order valence-corrected chi connectivity index (χ4v) is 14.9. The lowest BCUT2D eigenvalue weighted by Crippen LogP contribution is -2.54. The SMILES string of the molecule is CC1(C)C(N)=N[C@](C)(c2sc(-c3cc(F)cc(-c4cnco4)c3)cc2Cl)CS1(=O)=O.CC1(C)C(N)=N[C@](C)(c2sc(Br)cc2Cl)CS1(=O)=O.CC1(C)OB(c2cc(F)cc(-c3cnco3)c2)OC1(C)C. The molecule has 70 heavy (non-hydrogen) atoms. The number of nitrogens with zero attached hydrogens (tertiary/aromatic N) is 4. The number of halogens is 5. The Labute approximate surface area is 432 Å². The van der Waals surface area contributed by atoms with Gasteiger partial charge in [-0.05, 0) is 139 Å². The summed E-state index contributed by atoms with van der Waals surface area (Å²) in [6.07, 6.45) is 5.63. The number of rotatable bonds is 6. The molecule has 0 aliphatic carbocycles. The minimum atomic E-state index is -3.57. The normalized spacial score (nSPS) is 23.6. The van der Waals surface area contributed by atoms with E-state index in [2.05, 4.69) is 35.9 Å². The number of sulfone groups is 2. The largest absolute Gasteiger partial charge is 0.494 e. The van der Waals surface area contributed by atoms with Crippen LogP contribution in [0.3, 0.4) is 0 Å². The number of thiophene rings is 2. The van der Waals surface area contributed by atoms with Crippen molar-refractivity contribution in [1.82, 2.24) is 9.97 Å². The molecule has 0 spiro atoms. The summed E-state index contributed by atoms with van der Waals surface area (Å²) in [5, 5.41) is 0.861. The highest BCUT2D eigenvalue weighted by Crippen LogP contribution is 2.47. The minimum absolute atomic E-state index is 0.0422. The van der Waals surface area contributed by atoms with Gasteiger partial charge in [0.2, 0.25) is 0 Å². The number of hydrogen-bond acceptors (Lipinski definition) is 16. The number of hydrogen-bond donors (Lipinski definition) is 2. The number of benzene rings is 2. The number of oxazole rings is 2. The molecule has 7 heterocycles. The van der Waals surface area contributed by atoms with E-state index in [0.717, 1.165) is 3.79 Å². The molecule has 3 aliphatic heterocycles. The van der Waals surface area contributed by atoms with Crippen molar-refractivity contribution in [2.45, 2.75) is 101 Å². The second-order valence-electron chi connectivity index (χ2n) is 19.4. The number of nitrogens with two attached hydrogens (primary N) is 2. The van der Waals surface area contributed by atoms with Gasteiger partial charge in [0, 0.05) is 16.0 Å². The molecule has 24 heteroatoms. The topological polar surface area (TPSA) is 216 Å². The second kappa shape index (κ2) is 18.8. The summed E-state index contributed by atoms with van der Waals surface area (Å²) in [5.74, 6) is -0.0208. The van der Waals surface area contributed by atoms with Crippen molar-refractivity contribution in [3.63, 3.8) is 0 Å². The van der Waals surface area contributed by atoms with Crippen molar-refractivity contribution >= 4 is 106 Å². The number of amidine groups is 2. The maximum atomic E-state index is 14.3. The Morgan fingerprint density at radius 1 is 0.629 bits per heavy atom. The Hall–Kier alpha value is -4.00. The van der Waals surface area contributed by atoms with E-state index >= 15 is 0 Å². The Balaban J connectivity index is 0.000000160. The van der Waals surface area contributed by atoms with E-state index in [9.17, 15) is 25.6 Å². The zero-order valence-corrected chi connectivity index (χ0v) is 46.0. The molecule has 0 bridgehead atoms. The third-order valence-corrected chi connectivity index (χ3v) is 22.4. The first-order valence-electron chi connectivity index (χ1n) is 21.4. The highest BCUT2D eigenvalue weighted by atomic mass is 79.9. The minimum Gasteiger partial charge on any atom is -0.444 e. The monoisotopic (exact) mass is 1140 g/mol.